The first-order valence-electron chi connectivity index (χ1n) is 8.99. The fraction of sp³-hybridized carbons (Fsp3) is 0.0909. The van der Waals surface area contributed by atoms with Gasteiger partial charge in [-0.05, 0) is 48.0 Å². The molecule has 5 nitrogen and oxygen atoms in total. The summed E-state index contributed by atoms with van der Waals surface area (Å²) in [6, 6.07) is 16.0. The lowest BCUT2D eigenvalue weighted by Crippen LogP contribution is -2.38. The van der Waals surface area contributed by atoms with Gasteiger partial charge >= 0.3 is 0 Å². The predicted octanol–water partition coefficient (Wildman–Crippen LogP) is 5.31. The number of halogens is 3. The number of fused-ring (bicyclic) bond motifs is 1. The lowest BCUT2D eigenvalue weighted by molar-refractivity contribution is -0.121. The number of hydrogen-bond donors (Lipinski definition) is 1. The van der Waals surface area contributed by atoms with Crippen LogP contribution < -0.4 is 15.0 Å². The van der Waals surface area contributed by atoms with Gasteiger partial charge in [0.25, 0.3) is 11.8 Å². The number of amides is 2. The van der Waals surface area contributed by atoms with E-state index < -0.39 is 11.7 Å². The molecule has 8 heteroatoms. The molecule has 3 aromatic carbocycles. The summed E-state index contributed by atoms with van der Waals surface area (Å²) in [4.78, 5) is 26.6. The summed E-state index contributed by atoms with van der Waals surface area (Å²) in [6.45, 7) is 0.222. The van der Waals surface area contributed by atoms with Gasteiger partial charge in [0.2, 0.25) is 0 Å². The highest BCUT2D eigenvalue weighted by atomic mass is 35.5. The third-order valence-corrected chi connectivity index (χ3v) is 5.17. The molecule has 3 aromatic rings. The highest BCUT2D eigenvalue weighted by Gasteiger charge is 2.26. The van der Waals surface area contributed by atoms with Gasteiger partial charge in [-0.3, -0.25) is 9.59 Å². The number of rotatable bonds is 4. The Hall–Kier alpha value is -3.09. The van der Waals surface area contributed by atoms with Gasteiger partial charge in [-0.1, -0.05) is 41.4 Å². The number of benzene rings is 3. The van der Waals surface area contributed by atoms with Crippen LogP contribution >= 0.6 is 23.2 Å². The molecule has 0 fully saturated rings. The average molecular weight is 445 g/mol. The first-order valence-corrected chi connectivity index (χ1v) is 9.75. The zero-order valence-corrected chi connectivity index (χ0v) is 17.0. The van der Waals surface area contributed by atoms with Gasteiger partial charge in [-0.2, -0.15) is 0 Å². The van der Waals surface area contributed by atoms with E-state index in [1.54, 1.807) is 35.2 Å². The van der Waals surface area contributed by atoms with Crippen LogP contribution in [-0.4, -0.2) is 18.4 Å². The minimum atomic E-state index is -0.721. The Morgan fingerprint density at radius 2 is 1.87 bits per heavy atom. The third-order valence-electron chi connectivity index (χ3n) is 4.60. The maximum Gasteiger partial charge on any atom is 0.265 e. The van der Waals surface area contributed by atoms with Crippen molar-refractivity contribution in [3.05, 3.63) is 87.7 Å². The van der Waals surface area contributed by atoms with Crippen molar-refractivity contribution in [3.8, 4) is 5.75 Å². The van der Waals surface area contributed by atoms with Crippen molar-refractivity contribution in [1.29, 1.82) is 0 Å². The molecule has 0 atom stereocenters. The summed E-state index contributed by atoms with van der Waals surface area (Å²) >= 11 is 11.9. The molecule has 152 valence electrons. The van der Waals surface area contributed by atoms with Crippen LogP contribution in [0.1, 0.15) is 15.9 Å². The molecule has 0 saturated heterocycles. The molecule has 0 radical (unpaired) electrons. The van der Waals surface area contributed by atoms with E-state index in [1.807, 2.05) is 12.1 Å². The molecular formula is C22H15Cl2FN2O3. The van der Waals surface area contributed by atoms with Crippen LogP contribution in [0, 0.1) is 5.82 Å². The number of hydrogen-bond acceptors (Lipinski definition) is 3. The van der Waals surface area contributed by atoms with Crippen LogP contribution in [0.2, 0.25) is 10.0 Å². The first kappa shape index (κ1) is 20.2. The van der Waals surface area contributed by atoms with E-state index >= 15 is 0 Å². The summed E-state index contributed by atoms with van der Waals surface area (Å²) < 4.78 is 19.5. The van der Waals surface area contributed by atoms with Gasteiger partial charge in [0.15, 0.2) is 6.61 Å². The van der Waals surface area contributed by atoms with Crippen LogP contribution in [0.5, 0.6) is 5.75 Å². The Morgan fingerprint density at radius 1 is 1.10 bits per heavy atom. The smallest absolute Gasteiger partial charge is 0.265 e. The standard InChI is InChI=1S/C22H15Cl2FN2O3/c23-14-6-4-13(5-7-14)11-27-18-10-15(8-9-19(18)30-12-20(27)28)26-22(29)21-16(24)2-1-3-17(21)25/h1-10H,11-12H2,(H,26,29). The van der Waals surface area contributed by atoms with Crippen LogP contribution in [0.3, 0.4) is 0 Å². The Bertz CT molecular complexity index is 1120. The van der Waals surface area contributed by atoms with Crippen molar-refractivity contribution < 1.29 is 18.7 Å². The van der Waals surface area contributed by atoms with E-state index in [9.17, 15) is 14.0 Å². The molecule has 1 heterocycles. The van der Waals surface area contributed by atoms with E-state index in [-0.39, 0.29) is 23.1 Å². The molecule has 0 aromatic heterocycles. The Balaban J connectivity index is 1.62. The molecule has 2 amide bonds. The van der Waals surface area contributed by atoms with E-state index in [1.165, 1.54) is 12.1 Å². The summed E-state index contributed by atoms with van der Waals surface area (Å²) in [7, 11) is 0. The summed E-state index contributed by atoms with van der Waals surface area (Å²) in [6.07, 6.45) is 0. The van der Waals surface area contributed by atoms with Crippen molar-refractivity contribution in [3.63, 3.8) is 0 Å². The van der Waals surface area contributed by atoms with Gasteiger partial charge in [-0.15, -0.1) is 0 Å². The second kappa shape index (κ2) is 8.34. The van der Waals surface area contributed by atoms with Crippen LogP contribution in [0.4, 0.5) is 15.8 Å². The highest BCUT2D eigenvalue weighted by Crippen LogP contribution is 2.36. The molecule has 1 aliphatic rings. The summed E-state index contributed by atoms with van der Waals surface area (Å²) in [5, 5.41) is 3.23. The number of anilines is 2. The fourth-order valence-corrected chi connectivity index (χ4v) is 3.51. The quantitative estimate of drug-likeness (QED) is 0.592. The molecule has 0 spiro atoms. The van der Waals surface area contributed by atoms with Gasteiger partial charge in [0.1, 0.15) is 11.6 Å². The molecule has 0 unspecified atom stereocenters. The minimum absolute atomic E-state index is 0.00772. The largest absolute Gasteiger partial charge is 0.482 e. The molecule has 1 aliphatic heterocycles. The van der Waals surface area contributed by atoms with Crippen LogP contribution in [0.25, 0.3) is 0 Å². The maximum atomic E-state index is 14.0. The van der Waals surface area contributed by atoms with E-state index in [4.69, 9.17) is 27.9 Å². The topological polar surface area (TPSA) is 58.6 Å². The van der Waals surface area contributed by atoms with E-state index in [2.05, 4.69) is 5.32 Å². The predicted molar refractivity (Wildman–Crippen MR) is 114 cm³/mol. The van der Waals surface area contributed by atoms with E-state index in [0.29, 0.717) is 28.7 Å². The summed E-state index contributed by atoms with van der Waals surface area (Å²) in [5.41, 5.74) is 1.51. The van der Waals surface area contributed by atoms with Crippen LogP contribution in [0.15, 0.2) is 60.7 Å². The third kappa shape index (κ3) is 4.10. The normalized spacial score (nSPS) is 12.9. The molecule has 0 aliphatic carbocycles. The van der Waals surface area contributed by atoms with Crippen molar-refractivity contribution in [2.75, 3.05) is 16.8 Å². The Kier molecular flexibility index (Phi) is 5.61. The molecular weight excluding hydrogens is 430 g/mol. The average Bonchev–Trinajstić information content (AvgIpc) is 2.71. The zero-order chi connectivity index (χ0) is 21.3. The van der Waals surface area contributed by atoms with Gasteiger partial charge in [-0.25, -0.2) is 4.39 Å². The van der Waals surface area contributed by atoms with Crippen molar-refractivity contribution in [1.82, 2.24) is 0 Å². The fourth-order valence-electron chi connectivity index (χ4n) is 3.13. The van der Waals surface area contributed by atoms with Crippen molar-refractivity contribution >= 4 is 46.4 Å². The number of nitrogens with one attached hydrogen (secondary N) is 1. The van der Waals surface area contributed by atoms with Crippen molar-refractivity contribution in [2.24, 2.45) is 0 Å². The monoisotopic (exact) mass is 444 g/mol. The number of carbonyl (C=O) groups excluding carboxylic acids is 2. The minimum Gasteiger partial charge on any atom is -0.482 e. The molecule has 0 saturated carbocycles. The van der Waals surface area contributed by atoms with Gasteiger partial charge in [0.05, 0.1) is 22.8 Å². The highest BCUT2D eigenvalue weighted by molar-refractivity contribution is 6.34. The maximum absolute atomic E-state index is 14.0. The first-order chi connectivity index (χ1) is 14.4. The lowest BCUT2D eigenvalue weighted by atomic mass is 10.1. The van der Waals surface area contributed by atoms with Crippen molar-refractivity contribution in [2.45, 2.75) is 6.54 Å². The second-order valence-electron chi connectivity index (χ2n) is 6.63. The second-order valence-corrected chi connectivity index (χ2v) is 7.47. The van der Waals surface area contributed by atoms with Gasteiger partial charge < -0.3 is 15.0 Å². The van der Waals surface area contributed by atoms with E-state index in [0.717, 1.165) is 11.6 Å². The molecule has 4 rings (SSSR count). The SMILES string of the molecule is O=C(Nc1ccc2c(c1)N(Cc1ccc(Cl)cc1)C(=O)CO2)c1c(F)cccc1Cl. The number of nitrogens with zero attached hydrogens (tertiary/aromatic N) is 1. The lowest BCUT2D eigenvalue weighted by Gasteiger charge is -2.30. The number of ether oxygens (including phenoxy) is 1. The molecule has 1 N–H and O–H groups in total. The zero-order valence-electron chi connectivity index (χ0n) is 15.5. The molecule has 0 bridgehead atoms. The number of carbonyl (C=O) groups is 2. The molecule has 30 heavy (non-hydrogen) atoms. The Labute approximate surface area is 182 Å². The van der Waals surface area contributed by atoms with Gasteiger partial charge in [0, 0.05) is 10.7 Å². The van der Waals surface area contributed by atoms with Crippen LogP contribution in [-0.2, 0) is 11.3 Å². The summed E-state index contributed by atoms with van der Waals surface area (Å²) in [5.74, 6) is -1.13. The Morgan fingerprint density at radius 3 is 2.60 bits per heavy atom.